The second-order valence-corrected chi connectivity index (χ2v) is 5.33. The minimum Gasteiger partial charge on any atom is -0.494 e. The van der Waals surface area contributed by atoms with E-state index in [9.17, 15) is 9.59 Å². The molecule has 0 aliphatic rings. The van der Waals surface area contributed by atoms with Gasteiger partial charge in [0.25, 0.3) is 0 Å². The summed E-state index contributed by atoms with van der Waals surface area (Å²) in [7, 11) is 0. The zero-order chi connectivity index (χ0) is 17.4. The molecule has 0 unspecified atom stereocenters. The number of carbonyl (C=O) groups excluding carboxylic acids is 1. The summed E-state index contributed by atoms with van der Waals surface area (Å²) >= 11 is 0. The molecule has 128 valence electrons. The van der Waals surface area contributed by atoms with E-state index in [1.165, 1.54) is 16.4 Å². The number of hydrogen-bond donors (Lipinski definition) is 2. The Hall–Kier alpha value is -2.90. The first-order valence-corrected chi connectivity index (χ1v) is 7.64. The molecule has 0 spiro atoms. The number of ether oxygens (including phenoxy) is 1. The van der Waals surface area contributed by atoms with Gasteiger partial charge in [-0.3, -0.25) is 4.79 Å². The van der Waals surface area contributed by atoms with E-state index in [2.05, 4.69) is 15.6 Å². The number of nitrogens with zero attached hydrogens (tertiary/aromatic N) is 3. The molecule has 1 heterocycles. The van der Waals surface area contributed by atoms with Gasteiger partial charge in [0.05, 0.1) is 12.8 Å². The fourth-order valence-corrected chi connectivity index (χ4v) is 1.96. The SMILES string of the molecule is Cc1ccc(OCCCCNC(=O)Cn2cc(C(=O)O)nn2)cc1. The van der Waals surface area contributed by atoms with Crippen LogP contribution in [0.25, 0.3) is 0 Å². The van der Waals surface area contributed by atoms with E-state index in [0.717, 1.165) is 18.6 Å². The summed E-state index contributed by atoms with van der Waals surface area (Å²) in [6.45, 7) is 3.08. The van der Waals surface area contributed by atoms with Crippen molar-refractivity contribution in [2.45, 2.75) is 26.3 Å². The Morgan fingerprint density at radius 2 is 2.00 bits per heavy atom. The van der Waals surface area contributed by atoms with Gasteiger partial charge < -0.3 is 15.2 Å². The van der Waals surface area contributed by atoms with Gasteiger partial charge in [-0.25, -0.2) is 9.48 Å². The molecule has 0 radical (unpaired) electrons. The van der Waals surface area contributed by atoms with E-state index in [-0.39, 0.29) is 18.1 Å². The molecule has 0 atom stereocenters. The second kappa shape index (κ2) is 8.66. The molecule has 24 heavy (non-hydrogen) atoms. The van der Waals surface area contributed by atoms with Crippen LogP contribution in [0.1, 0.15) is 28.9 Å². The Bertz CT molecular complexity index is 682. The number of carboxylic acid groups (broad SMARTS) is 1. The first kappa shape index (κ1) is 17.5. The van der Waals surface area contributed by atoms with Gasteiger partial charge in [0.2, 0.25) is 5.91 Å². The van der Waals surface area contributed by atoms with Crippen molar-refractivity contribution in [3.8, 4) is 5.75 Å². The minimum atomic E-state index is -1.17. The highest BCUT2D eigenvalue weighted by molar-refractivity contribution is 5.84. The lowest BCUT2D eigenvalue weighted by molar-refractivity contribution is -0.121. The molecule has 0 aliphatic carbocycles. The Labute approximate surface area is 139 Å². The molecule has 0 bridgehead atoms. The lowest BCUT2D eigenvalue weighted by Gasteiger charge is -2.07. The van der Waals surface area contributed by atoms with Gasteiger partial charge in [-0.15, -0.1) is 5.10 Å². The largest absolute Gasteiger partial charge is 0.494 e. The number of rotatable bonds is 9. The van der Waals surface area contributed by atoms with Crippen molar-refractivity contribution in [1.82, 2.24) is 20.3 Å². The van der Waals surface area contributed by atoms with Crippen molar-refractivity contribution < 1.29 is 19.4 Å². The standard InChI is InChI=1S/C16H20N4O4/c1-12-4-6-13(7-5-12)24-9-3-2-8-17-15(21)11-20-10-14(16(22)23)18-19-20/h4-7,10H,2-3,8-9,11H2,1H3,(H,17,21)(H,22,23). The number of amides is 1. The van der Waals surface area contributed by atoms with Crippen LogP contribution >= 0.6 is 0 Å². The summed E-state index contributed by atoms with van der Waals surface area (Å²) in [5, 5.41) is 18.5. The molecule has 2 N–H and O–H groups in total. The number of carbonyl (C=O) groups is 2. The Morgan fingerprint density at radius 3 is 2.67 bits per heavy atom. The topological polar surface area (TPSA) is 106 Å². The highest BCUT2D eigenvalue weighted by Gasteiger charge is 2.10. The van der Waals surface area contributed by atoms with Gasteiger partial charge in [-0.05, 0) is 31.9 Å². The first-order chi connectivity index (χ1) is 11.5. The van der Waals surface area contributed by atoms with Crippen LogP contribution < -0.4 is 10.1 Å². The smallest absolute Gasteiger partial charge is 0.358 e. The van der Waals surface area contributed by atoms with E-state index in [1.54, 1.807) is 0 Å². The van der Waals surface area contributed by atoms with E-state index in [0.29, 0.717) is 13.2 Å². The highest BCUT2D eigenvalue weighted by Crippen LogP contribution is 2.11. The van der Waals surface area contributed by atoms with Crippen LogP contribution in [0.3, 0.4) is 0 Å². The molecule has 2 aromatic rings. The number of nitrogens with one attached hydrogen (secondary N) is 1. The van der Waals surface area contributed by atoms with Crippen molar-refractivity contribution in [2.24, 2.45) is 0 Å². The molecule has 0 saturated heterocycles. The summed E-state index contributed by atoms with van der Waals surface area (Å²) in [5.74, 6) is -0.573. The van der Waals surface area contributed by atoms with E-state index in [1.807, 2.05) is 31.2 Å². The quantitative estimate of drug-likeness (QED) is 0.670. The predicted molar refractivity (Wildman–Crippen MR) is 85.9 cm³/mol. The van der Waals surface area contributed by atoms with Crippen molar-refractivity contribution in [3.63, 3.8) is 0 Å². The predicted octanol–water partition coefficient (Wildman–Crippen LogP) is 1.26. The lowest BCUT2D eigenvalue weighted by Crippen LogP contribution is -2.28. The Morgan fingerprint density at radius 1 is 1.25 bits per heavy atom. The van der Waals surface area contributed by atoms with Crippen molar-refractivity contribution >= 4 is 11.9 Å². The number of hydrogen-bond acceptors (Lipinski definition) is 5. The van der Waals surface area contributed by atoms with Gasteiger partial charge >= 0.3 is 5.97 Å². The highest BCUT2D eigenvalue weighted by atomic mass is 16.5. The molecule has 1 aromatic heterocycles. The fourth-order valence-electron chi connectivity index (χ4n) is 1.96. The first-order valence-electron chi connectivity index (χ1n) is 7.64. The zero-order valence-electron chi connectivity index (χ0n) is 13.4. The Kier molecular flexibility index (Phi) is 6.30. The maximum Gasteiger partial charge on any atom is 0.358 e. The van der Waals surface area contributed by atoms with Crippen molar-refractivity contribution in [2.75, 3.05) is 13.2 Å². The maximum absolute atomic E-state index is 11.7. The van der Waals surface area contributed by atoms with Crippen LogP contribution in [0.2, 0.25) is 0 Å². The van der Waals surface area contributed by atoms with E-state index in [4.69, 9.17) is 9.84 Å². The molecular weight excluding hydrogens is 312 g/mol. The van der Waals surface area contributed by atoms with Crippen molar-refractivity contribution in [3.05, 3.63) is 41.7 Å². The monoisotopic (exact) mass is 332 g/mol. The third kappa shape index (κ3) is 5.71. The summed E-state index contributed by atoms with van der Waals surface area (Å²) in [5.41, 5.74) is 1.00. The van der Waals surface area contributed by atoms with Crippen LogP contribution in [0, 0.1) is 6.92 Å². The number of aromatic carboxylic acids is 1. The normalized spacial score (nSPS) is 10.4. The van der Waals surface area contributed by atoms with Gasteiger partial charge in [-0.1, -0.05) is 22.9 Å². The maximum atomic E-state index is 11.7. The average Bonchev–Trinajstić information content (AvgIpc) is 3.01. The lowest BCUT2D eigenvalue weighted by atomic mass is 10.2. The van der Waals surface area contributed by atoms with Crippen LogP contribution in [-0.4, -0.2) is 45.1 Å². The number of carboxylic acids is 1. The van der Waals surface area contributed by atoms with Crippen LogP contribution in [0.5, 0.6) is 5.75 Å². The van der Waals surface area contributed by atoms with Gasteiger partial charge in [0.1, 0.15) is 12.3 Å². The third-order valence-electron chi connectivity index (χ3n) is 3.25. The number of aryl methyl sites for hydroxylation is 1. The van der Waals surface area contributed by atoms with Gasteiger partial charge in [0, 0.05) is 6.54 Å². The number of benzene rings is 1. The number of aromatic nitrogens is 3. The van der Waals surface area contributed by atoms with Gasteiger partial charge in [-0.2, -0.15) is 0 Å². The van der Waals surface area contributed by atoms with Crippen molar-refractivity contribution in [1.29, 1.82) is 0 Å². The Balaban J connectivity index is 1.57. The summed E-state index contributed by atoms with van der Waals surface area (Å²) in [6.07, 6.45) is 2.83. The molecule has 0 saturated carbocycles. The molecule has 2 rings (SSSR count). The summed E-state index contributed by atoms with van der Waals surface area (Å²) in [6, 6.07) is 7.85. The fraction of sp³-hybridized carbons (Fsp3) is 0.375. The third-order valence-corrected chi connectivity index (χ3v) is 3.25. The average molecular weight is 332 g/mol. The minimum absolute atomic E-state index is 0.0554. The van der Waals surface area contributed by atoms with Crippen LogP contribution in [-0.2, 0) is 11.3 Å². The second-order valence-electron chi connectivity index (χ2n) is 5.33. The molecular formula is C16H20N4O4. The number of unbranched alkanes of at least 4 members (excludes halogenated alkanes) is 1. The molecule has 8 heteroatoms. The van der Waals surface area contributed by atoms with E-state index >= 15 is 0 Å². The molecule has 1 amide bonds. The summed E-state index contributed by atoms with van der Waals surface area (Å²) < 4.78 is 6.79. The molecule has 8 nitrogen and oxygen atoms in total. The molecule has 0 aliphatic heterocycles. The summed E-state index contributed by atoms with van der Waals surface area (Å²) in [4.78, 5) is 22.4. The van der Waals surface area contributed by atoms with Crippen LogP contribution in [0.4, 0.5) is 0 Å². The van der Waals surface area contributed by atoms with Crippen LogP contribution in [0.15, 0.2) is 30.5 Å². The van der Waals surface area contributed by atoms with Gasteiger partial charge in [0.15, 0.2) is 5.69 Å². The molecule has 1 aromatic carbocycles. The molecule has 0 fully saturated rings. The van der Waals surface area contributed by atoms with E-state index < -0.39 is 5.97 Å². The zero-order valence-corrected chi connectivity index (χ0v) is 13.4.